The quantitative estimate of drug-likeness (QED) is 0.356. The smallest absolute Gasteiger partial charge is 0.167 e. The summed E-state index contributed by atoms with van der Waals surface area (Å²) in [7, 11) is 1.63. The Kier molecular flexibility index (Phi) is 5.52. The summed E-state index contributed by atoms with van der Waals surface area (Å²) in [5, 5.41) is 10.4. The van der Waals surface area contributed by atoms with Crippen LogP contribution in [-0.2, 0) is 0 Å². The summed E-state index contributed by atoms with van der Waals surface area (Å²) in [5.41, 5.74) is 4.51. The molecule has 0 aliphatic rings. The molecule has 5 heteroatoms. The topological polar surface area (TPSA) is 68.1 Å². The number of para-hydroxylation sites is 1. The summed E-state index contributed by atoms with van der Waals surface area (Å²) in [6.07, 6.45) is 0. The van der Waals surface area contributed by atoms with Gasteiger partial charge in [0.25, 0.3) is 0 Å². The van der Waals surface area contributed by atoms with Gasteiger partial charge in [-0.3, -0.25) is 0 Å². The molecule has 5 nitrogen and oxygen atoms in total. The number of ether oxygens (including phenoxy) is 1. The third-order valence-corrected chi connectivity index (χ3v) is 5.38. The van der Waals surface area contributed by atoms with Crippen LogP contribution < -0.4 is 4.74 Å². The highest BCUT2D eigenvalue weighted by molar-refractivity contribution is 5.71. The Morgan fingerprint density at radius 2 is 1.00 bits per heavy atom. The van der Waals surface area contributed by atoms with Gasteiger partial charge in [-0.1, -0.05) is 66.7 Å². The van der Waals surface area contributed by atoms with Crippen LogP contribution >= 0.6 is 0 Å². The number of phenolic OH excluding ortho intramolecular Hbond substituents is 1. The highest BCUT2D eigenvalue weighted by atomic mass is 16.5. The van der Waals surface area contributed by atoms with Crippen LogP contribution in [0.5, 0.6) is 11.5 Å². The molecule has 33 heavy (non-hydrogen) atoms. The van der Waals surface area contributed by atoms with Gasteiger partial charge >= 0.3 is 0 Å². The minimum atomic E-state index is 0.120. The number of rotatable bonds is 5. The van der Waals surface area contributed by atoms with Crippen LogP contribution in [0, 0.1) is 0 Å². The predicted molar refractivity (Wildman–Crippen MR) is 130 cm³/mol. The van der Waals surface area contributed by atoms with Crippen LogP contribution in [0.3, 0.4) is 0 Å². The van der Waals surface area contributed by atoms with E-state index < -0.39 is 0 Å². The van der Waals surface area contributed by atoms with Gasteiger partial charge in [0.1, 0.15) is 11.5 Å². The lowest BCUT2D eigenvalue weighted by atomic mass is 10.0. The number of aromatic nitrogens is 3. The summed E-state index contributed by atoms with van der Waals surface area (Å²) in [6.45, 7) is 0. The zero-order chi connectivity index (χ0) is 22.6. The summed E-state index contributed by atoms with van der Waals surface area (Å²) in [5.74, 6) is 2.35. The molecule has 160 valence electrons. The van der Waals surface area contributed by atoms with Gasteiger partial charge in [0, 0.05) is 11.1 Å². The highest BCUT2D eigenvalue weighted by Gasteiger charge is 2.14. The summed E-state index contributed by atoms with van der Waals surface area (Å²) < 4.78 is 5.27. The fourth-order valence-corrected chi connectivity index (χ4v) is 3.60. The predicted octanol–water partition coefficient (Wildman–Crippen LogP) is 6.25. The van der Waals surface area contributed by atoms with Crippen molar-refractivity contribution in [3.63, 3.8) is 0 Å². The van der Waals surface area contributed by atoms with Crippen LogP contribution in [0.4, 0.5) is 0 Å². The Morgan fingerprint density at radius 1 is 0.515 bits per heavy atom. The molecule has 0 aliphatic carbocycles. The molecule has 0 unspecified atom stereocenters. The van der Waals surface area contributed by atoms with E-state index in [0.29, 0.717) is 23.0 Å². The molecule has 5 rings (SSSR count). The molecule has 0 aliphatic heterocycles. The lowest BCUT2D eigenvalue weighted by Gasteiger charge is -2.10. The first-order chi connectivity index (χ1) is 16.2. The van der Waals surface area contributed by atoms with Gasteiger partial charge in [0.05, 0.1) is 12.7 Å². The van der Waals surface area contributed by atoms with E-state index in [9.17, 15) is 5.11 Å². The van der Waals surface area contributed by atoms with Crippen molar-refractivity contribution in [3.05, 3.63) is 103 Å². The zero-order valence-electron chi connectivity index (χ0n) is 18.0. The number of aromatic hydroxyl groups is 1. The first kappa shape index (κ1) is 20.4. The third kappa shape index (κ3) is 4.29. The van der Waals surface area contributed by atoms with Crippen molar-refractivity contribution < 1.29 is 9.84 Å². The van der Waals surface area contributed by atoms with Crippen molar-refractivity contribution in [2.24, 2.45) is 0 Å². The minimum absolute atomic E-state index is 0.120. The van der Waals surface area contributed by atoms with Crippen LogP contribution in [0.15, 0.2) is 103 Å². The second-order valence-electron chi connectivity index (χ2n) is 7.50. The minimum Gasteiger partial charge on any atom is -0.507 e. The fraction of sp³-hybridized carbons (Fsp3) is 0.0357. The van der Waals surface area contributed by atoms with Gasteiger partial charge < -0.3 is 9.84 Å². The van der Waals surface area contributed by atoms with Gasteiger partial charge in [-0.25, -0.2) is 15.0 Å². The number of nitrogens with zero attached hydrogens (tertiary/aromatic N) is 3. The van der Waals surface area contributed by atoms with E-state index in [1.165, 1.54) is 0 Å². The van der Waals surface area contributed by atoms with Crippen molar-refractivity contribution in [3.8, 4) is 56.8 Å². The van der Waals surface area contributed by atoms with E-state index in [0.717, 1.165) is 28.0 Å². The van der Waals surface area contributed by atoms with Crippen LogP contribution in [0.2, 0.25) is 0 Å². The second kappa shape index (κ2) is 8.93. The number of benzene rings is 4. The van der Waals surface area contributed by atoms with E-state index in [1.54, 1.807) is 25.3 Å². The molecule has 4 aromatic carbocycles. The molecule has 0 amide bonds. The highest BCUT2D eigenvalue weighted by Crippen LogP contribution is 2.30. The van der Waals surface area contributed by atoms with Crippen molar-refractivity contribution in [2.45, 2.75) is 0 Å². The monoisotopic (exact) mass is 431 g/mol. The van der Waals surface area contributed by atoms with Crippen molar-refractivity contribution in [1.29, 1.82) is 0 Å². The number of hydrogen-bond donors (Lipinski definition) is 1. The Balaban J connectivity index is 1.61. The molecule has 0 bridgehead atoms. The molecule has 1 aromatic heterocycles. The summed E-state index contributed by atoms with van der Waals surface area (Å²) >= 11 is 0. The van der Waals surface area contributed by atoms with Gasteiger partial charge in [-0.2, -0.15) is 0 Å². The average molecular weight is 431 g/mol. The van der Waals surface area contributed by atoms with Crippen LogP contribution in [0.1, 0.15) is 0 Å². The average Bonchev–Trinajstić information content (AvgIpc) is 2.89. The Bertz CT molecular complexity index is 1380. The summed E-state index contributed by atoms with van der Waals surface area (Å²) in [4.78, 5) is 14.1. The molecule has 0 spiro atoms. The fourth-order valence-electron chi connectivity index (χ4n) is 3.60. The number of phenols is 1. The van der Waals surface area contributed by atoms with Gasteiger partial charge in [0.15, 0.2) is 17.5 Å². The Morgan fingerprint density at radius 3 is 1.61 bits per heavy atom. The second-order valence-corrected chi connectivity index (χ2v) is 7.50. The largest absolute Gasteiger partial charge is 0.507 e. The number of hydrogen-bond acceptors (Lipinski definition) is 5. The van der Waals surface area contributed by atoms with Crippen molar-refractivity contribution >= 4 is 0 Å². The Hall–Kier alpha value is -4.51. The van der Waals surface area contributed by atoms with Crippen molar-refractivity contribution in [1.82, 2.24) is 15.0 Å². The number of methoxy groups -OCH3 is 1. The molecule has 5 aromatic rings. The SMILES string of the molecule is COc1ccc(-c2nc(-c3ccc(-c4ccccc4)cc3)nc(-c3ccccc3O)n2)cc1. The first-order valence-electron chi connectivity index (χ1n) is 10.6. The standard InChI is InChI=1S/C28H21N3O2/c1-33-23-17-15-22(16-18-23)27-29-26(30-28(31-27)24-9-5-6-10-25(24)32)21-13-11-20(12-14-21)19-7-3-2-4-8-19/h2-18,32H,1H3. The van der Waals surface area contributed by atoms with E-state index in [2.05, 4.69) is 34.2 Å². The summed E-state index contributed by atoms with van der Waals surface area (Å²) in [6, 6.07) is 32.9. The molecular weight excluding hydrogens is 410 g/mol. The zero-order valence-corrected chi connectivity index (χ0v) is 18.0. The maximum absolute atomic E-state index is 10.4. The van der Waals surface area contributed by atoms with Crippen LogP contribution in [-0.4, -0.2) is 27.2 Å². The van der Waals surface area contributed by atoms with Crippen molar-refractivity contribution in [2.75, 3.05) is 7.11 Å². The maximum atomic E-state index is 10.4. The lowest BCUT2D eigenvalue weighted by molar-refractivity contribution is 0.415. The molecule has 0 fully saturated rings. The third-order valence-electron chi connectivity index (χ3n) is 5.38. The molecule has 1 N–H and O–H groups in total. The molecule has 0 atom stereocenters. The van der Waals surface area contributed by atoms with E-state index in [1.807, 2.05) is 60.7 Å². The molecular formula is C28H21N3O2. The normalized spacial score (nSPS) is 10.7. The van der Waals surface area contributed by atoms with E-state index in [-0.39, 0.29) is 5.75 Å². The molecule has 0 radical (unpaired) electrons. The maximum Gasteiger partial charge on any atom is 0.167 e. The van der Waals surface area contributed by atoms with E-state index >= 15 is 0 Å². The molecule has 0 saturated carbocycles. The van der Waals surface area contributed by atoms with E-state index in [4.69, 9.17) is 9.72 Å². The van der Waals surface area contributed by atoms with Gasteiger partial charge in [-0.15, -0.1) is 0 Å². The molecule has 1 heterocycles. The van der Waals surface area contributed by atoms with Gasteiger partial charge in [-0.05, 0) is 47.5 Å². The van der Waals surface area contributed by atoms with Crippen LogP contribution in [0.25, 0.3) is 45.3 Å². The van der Waals surface area contributed by atoms with Gasteiger partial charge in [0.2, 0.25) is 0 Å². The lowest BCUT2D eigenvalue weighted by Crippen LogP contribution is -2.00. The first-order valence-corrected chi connectivity index (χ1v) is 10.6. The Labute approximate surface area is 192 Å². The molecule has 0 saturated heterocycles.